The van der Waals surface area contributed by atoms with E-state index in [-0.39, 0.29) is 30.2 Å². The average Bonchev–Trinajstić information content (AvgIpc) is 3.17. The maximum atomic E-state index is 13.1. The Labute approximate surface area is 188 Å². The first-order valence-electron chi connectivity index (χ1n) is 9.96. The molecule has 8 nitrogen and oxygen atoms in total. The van der Waals surface area contributed by atoms with Crippen LogP contribution in [0.1, 0.15) is 22.6 Å². The number of amides is 1. The van der Waals surface area contributed by atoms with E-state index >= 15 is 0 Å². The molecular weight excluding hydrogens is 416 g/mol. The molecule has 3 heterocycles. The smallest absolute Gasteiger partial charge is 0.293 e. The summed E-state index contributed by atoms with van der Waals surface area (Å²) in [6.07, 6.45) is 2.66. The van der Waals surface area contributed by atoms with E-state index in [0.717, 1.165) is 30.6 Å². The van der Waals surface area contributed by atoms with Crippen LogP contribution in [-0.2, 0) is 0 Å². The SMILES string of the molecule is COc1ccc(-n2nc(C(=O)N3CCC3CN(C)C)nc2-c2ccc(C)cc2)cn1.Cl. The van der Waals surface area contributed by atoms with Crippen LogP contribution >= 0.6 is 12.4 Å². The summed E-state index contributed by atoms with van der Waals surface area (Å²) in [5, 5.41) is 4.57. The molecule has 1 unspecified atom stereocenters. The highest BCUT2D eigenvalue weighted by molar-refractivity contribution is 5.92. The van der Waals surface area contributed by atoms with Crippen molar-refractivity contribution >= 4 is 18.3 Å². The van der Waals surface area contributed by atoms with Crippen LogP contribution in [0.5, 0.6) is 5.88 Å². The van der Waals surface area contributed by atoms with Crippen LogP contribution in [0.4, 0.5) is 0 Å². The number of benzene rings is 1. The van der Waals surface area contributed by atoms with Gasteiger partial charge in [-0.1, -0.05) is 29.8 Å². The van der Waals surface area contributed by atoms with E-state index < -0.39 is 0 Å². The van der Waals surface area contributed by atoms with Crippen molar-refractivity contribution in [1.29, 1.82) is 0 Å². The maximum Gasteiger partial charge on any atom is 0.293 e. The maximum absolute atomic E-state index is 13.1. The summed E-state index contributed by atoms with van der Waals surface area (Å²) in [4.78, 5) is 26.0. The molecule has 0 aliphatic carbocycles. The summed E-state index contributed by atoms with van der Waals surface area (Å²) in [5.74, 6) is 1.18. The Morgan fingerprint density at radius 3 is 2.48 bits per heavy atom. The average molecular weight is 443 g/mol. The van der Waals surface area contributed by atoms with Crippen LogP contribution in [0.15, 0.2) is 42.6 Å². The van der Waals surface area contributed by atoms with Gasteiger partial charge >= 0.3 is 0 Å². The monoisotopic (exact) mass is 442 g/mol. The van der Waals surface area contributed by atoms with E-state index in [2.05, 4.69) is 20.0 Å². The topological polar surface area (TPSA) is 76.4 Å². The summed E-state index contributed by atoms with van der Waals surface area (Å²) in [6.45, 7) is 3.60. The lowest BCUT2D eigenvalue weighted by Gasteiger charge is -2.41. The molecule has 0 radical (unpaired) electrons. The second-order valence-electron chi connectivity index (χ2n) is 7.80. The van der Waals surface area contributed by atoms with E-state index in [1.54, 1.807) is 24.1 Å². The van der Waals surface area contributed by atoms with Gasteiger partial charge in [-0.3, -0.25) is 4.79 Å². The fourth-order valence-electron chi connectivity index (χ4n) is 3.54. The Kier molecular flexibility index (Phi) is 6.92. The fraction of sp³-hybridized carbons (Fsp3) is 0.364. The highest BCUT2D eigenvalue weighted by atomic mass is 35.5. The minimum Gasteiger partial charge on any atom is -0.481 e. The van der Waals surface area contributed by atoms with Crippen molar-refractivity contribution in [3.05, 3.63) is 54.0 Å². The van der Waals surface area contributed by atoms with Gasteiger partial charge in [-0.2, -0.15) is 0 Å². The normalized spacial score (nSPS) is 15.4. The van der Waals surface area contributed by atoms with E-state index in [9.17, 15) is 4.79 Å². The van der Waals surface area contributed by atoms with Crippen molar-refractivity contribution in [2.45, 2.75) is 19.4 Å². The lowest BCUT2D eigenvalue weighted by molar-refractivity contribution is 0.0390. The van der Waals surface area contributed by atoms with E-state index in [1.807, 2.05) is 56.3 Å². The molecule has 1 fully saturated rings. The van der Waals surface area contributed by atoms with Gasteiger partial charge < -0.3 is 14.5 Å². The first kappa shape index (κ1) is 22.7. The molecule has 0 bridgehead atoms. The van der Waals surface area contributed by atoms with Gasteiger partial charge in [0.15, 0.2) is 5.82 Å². The molecule has 9 heteroatoms. The third-order valence-corrected chi connectivity index (χ3v) is 5.26. The zero-order chi connectivity index (χ0) is 21.3. The Hall–Kier alpha value is -2.97. The molecule has 4 rings (SSSR count). The molecule has 0 spiro atoms. The molecule has 0 N–H and O–H groups in total. The van der Waals surface area contributed by atoms with Crippen molar-refractivity contribution in [3.63, 3.8) is 0 Å². The molecule has 1 atom stereocenters. The molecule has 1 saturated heterocycles. The summed E-state index contributed by atoms with van der Waals surface area (Å²) in [7, 11) is 5.60. The summed E-state index contributed by atoms with van der Waals surface area (Å²) in [6, 6.07) is 11.8. The van der Waals surface area contributed by atoms with Gasteiger partial charge in [0.25, 0.3) is 5.91 Å². The number of rotatable bonds is 6. The predicted octanol–water partition coefficient (Wildman–Crippen LogP) is 2.84. The number of likely N-dealkylation sites (N-methyl/N-ethyl adjacent to an activating group) is 1. The molecule has 164 valence electrons. The molecular formula is C22H27ClN6O2. The predicted molar refractivity (Wildman–Crippen MR) is 121 cm³/mol. The molecule has 1 aliphatic rings. The highest BCUT2D eigenvalue weighted by Crippen LogP contribution is 2.25. The number of likely N-dealkylation sites (tertiary alicyclic amines) is 1. The summed E-state index contributed by atoms with van der Waals surface area (Å²) in [5.41, 5.74) is 2.75. The number of ether oxygens (including phenoxy) is 1. The number of methoxy groups -OCH3 is 1. The fourth-order valence-corrected chi connectivity index (χ4v) is 3.54. The first-order valence-corrected chi connectivity index (χ1v) is 9.96. The lowest BCUT2D eigenvalue weighted by atomic mass is 10.0. The number of carbonyl (C=O) groups is 1. The molecule has 1 aromatic carbocycles. The third-order valence-electron chi connectivity index (χ3n) is 5.26. The first-order chi connectivity index (χ1) is 14.5. The van der Waals surface area contributed by atoms with Crippen molar-refractivity contribution in [3.8, 4) is 23.0 Å². The lowest BCUT2D eigenvalue weighted by Crippen LogP contribution is -2.55. The molecule has 31 heavy (non-hydrogen) atoms. The number of halogens is 1. The van der Waals surface area contributed by atoms with Gasteiger partial charge in [0.1, 0.15) is 0 Å². The van der Waals surface area contributed by atoms with E-state index in [4.69, 9.17) is 4.74 Å². The van der Waals surface area contributed by atoms with Crippen LogP contribution < -0.4 is 4.74 Å². The van der Waals surface area contributed by atoms with E-state index in [0.29, 0.717) is 17.4 Å². The van der Waals surface area contributed by atoms with Crippen LogP contribution in [0.25, 0.3) is 17.1 Å². The molecule has 2 aromatic heterocycles. The van der Waals surface area contributed by atoms with Crippen LogP contribution in [0.2, 0.25) is 0 Å². The van der Waals surface area contributed by atoms with Crippen LogP contribution in [-0.4, -0.2) is 75.8 Å². The quantitative estimate of drug-likeness (QED) is 0.584. The van der Waals surface area contributed by atoms with Crippen LogP contribution in [0, 0.1) is 6.92 Å². The molecule has 1 amide bonds. The minimum absolute atomic E-state index is 0. The zero-order valence-corrected chi connectivity index (χ0v) is 19.0. The number of carbonyl (C=O) groups excluding carboxylic acids is 1. The summed E-state index contributed by atoms with van der Waals surface area (Å²) < 4.78 is 6.82. The Balaban J connectivity index is 0.00000272. The zero-order valence-electron chi connectivity index (χ0n) is 18.1. The highest BCUT2D eigenvalue weighted by Gasteiger charge is 2.35. The van der Waals surface area contributed by atoms with Crippen molar-refractivity contribution in [2.75, 3.05) is 34.3 Å². The van der Waals surface area contributed by atoms with E-state index in [1.165, 1.54) is 0 Å². The van der Waals surface area contributed by atoms with Gasteiger partial charge in [-0.25, -0.2) is 14.6 Å². The van der Waals surface area contributed by atoms with Crippen LogP contribution in [0.3, 0.4) is 0 Å². The number of hydrogen-bond acceptors (Lipinski definition) is 6. The Bertz CT molecular complexity index is 1030. The largest absolute Gasteiger partial charge is 0.481 e. The standard InChI is InChI=1S/C22H26N6O2.ClH/c1-15-5-7-16(8-6-15)21-24-20(22(29)27-12-11-18(27)14-26(2)3)25-28(21)17-9-10-19(30-4)23-13-17;/h5-10,13,18H,11-12,14H2,1-4H3;1H. The molecule has 0 saturated carbocycles. The summed E-state index contributed by atoms with van der Waals surface area (Å²) >= 11 is 0. The van der Waals surface area contributed by atoms with Crippen molar-refractivity contribution in [1.82, 2.24) is 29.5 Å². The number of aromatic nitrogens is 4. The van der Waals surface area contributed by atoms with Crippen molar-refractivity contribution in [2.24, 2.45) is 0 Å². The minimum atomic E-state index is -0.137. The van der Waals surface area contributed by atoms with Gasteiger partial charge in [-0.15, -0.1) is 17.5 Å². The Morgan fingerprint density at radius 2 is 1.94 bits per heavy atom. The number of nitrogens with zero attached hydrogens (tertiary/aromatic N) is 6. The second-order valence-corrected chi connectivity index (χ2v) is 7.80. The van der Waals surface area contributed by atoms with Gasteiger partial charge in [0.05, 0.1) is 19.0 Å². The second kappa shape index (κ2) is 9.45. The molecule has 1 aliphatic heterocycles. The number of hydrogen-bond donors (Lipinski definition) is 0. The third kappa shape index (κ3) is 4.70. The van der Waals surface area contributed by atoms with Gasteiger partial charge in [0.2, 0.25) is 11.7 Å². The van der Waals surface area contributed by atoms with Gasteiger partial charge in [0, 0.05) is 30.8 Å². The van der Waals surface area contributed by atoms with Crippen molar-refractivity contribution < 1.29 is 9.53 Å². The number of pyridine rings is 1. The van der Waals surface area contributed by atoms with Gasteiger partial charge in [-0.05, 0) is 33.5 Å². The molecule has 3 aromatic rings. The Morgan fingerprint density at radius 1 is 1.19 bits per heavy atom. The number of aryl methyl sites for hydroxylation is 1.